The number of Topliss-reactive ketones (excluding diaryl/α,β-unsaturated/α-hetero) is 1. The molecule has 0 bridgehead atoms. The van der Waals surface area contributed by atoms with Crippen molar-refractivity contribution in [3.8, 4) is 5.75 Å². The molecule has 0 aliphatic rings. The monoisotopic (exact) mass is 330 g/mol. The zero-order valence-corrected chi connectivity index (χ0v) is 10.7. The molecule has 0 aromatic heterocycles. The first kappa shape index (κ1) is 14.3. The Morgan fingerprint density at radius 2 is 2.06 bits per heavy atom. The maximum absolute atomic E-state index is 12.1. The fourth-order valence-corrected chi connectivity index (χ4v) is 1.76. The molecule has 1 aromatic carbocycles. The number of benzene rings is 1. The number of ketones is 1. The normalized spacial score (nSPS) is 11.4. The molecule has 1 rings (SSSR count). The molecule has 0 amide bonds. The van der Waals surface area contributed by atoms with Crippen LogP contribution in [0.2, 0.25) is 0 Å². The molecule has 0 atom stereocenters. The van der Waals surface area contributed by atoms with Crippen molar-refractivity contribution in [3.05, 3.63) is 28.2 Å². The molecule has 0 radical (unpaired) electrons. The third-order valence-corrected chi connectivity index (χ3v) is 2.87. The summed E-state index contributed by atoms with van der Waals surface area (Å²) in [7, 11) is 0. The van der Waals surface area contributed by atoms with E-state index in [0.717, 1.165) is 6.07 Å². The molecule has 94 valence electrons. The van der Waals surface area contributed by atoms with Crippen molar-refractivity contribution in [2.75, 3.05) is 5.88 Å². The van der Waals surface area contributed by atoms with E-state index in [4.69, 9.17) is 11.6 Å². The lowest BCUT2D eigenvalue weighted by molar-refractivity contribution is -0.274. The van der Waals surface area contributed by atoms with Gasteiger partial charge in [0, 0.05) is 16.5 Å². The molecule has 7 heteroatoms. The lowest BCUT2D eigenvalue weighted by atomic mass is 10.1. The van der Waals surface area contributed by atoms with Gasteiger partial charge in [0.05, 0.1) is 5.88 Å². The minimum absolute atomic E-state index is 0.135. The summed E-state index contributed by atoms with van der Waals surface area (Å²) < 4.78 is 40.6. The summed E-state index contributed by atoms with van der Waals surface area (Å²) in [5.74, 6) is -1.04. The van der Waals surface area contributed by atoms with Crippen molar-refractivity contribution in [2.45, 2.75) is 12.8 Å². The minimum Gasteiger partial charge on any atom is -0.405 e. The third-order valence-electron chi connectivity index (χ3n) is 1.82. The van der Waals surface area contributed by atoms with Gasteiger partial charge in [0.25, 0.3) is 0 Å². The highest BCUT2D eigenvalue weighted by molar-refractivity contribution is 9.10. The van der Waals surface area contributed by atoms with Crippen LogP contribution < -0.4 is 4.74 Å². The van der Waals surface area contributed by atoms with E-state index in [1.807, 2.05) is 0 Å². The zero-order chi connectivity index (χ0) is 13.1. The van der Waals surface area contributed by atoms with E-state index in [1.54, 1.807) is 0 Å². The Morgan fingerprint density at radius 1 is 1.41 bits per heavy atom. The molecule has 0 aliphatic carbocycles. The van der Waals surface area contributed by atoms with Crippen LogP contribution in [0.15, 0.2) is 22.7 Å². The Hall–Kier alpha value is -0.750. The lowest BCUT2D eigenvalue weighted by Crippen LogP contribution is -2.19. The second-order valence-corrected chi connectivity index (χ2v) is 4.24. The van der Waals surface area contributed by atoms with Gasteiger partial charge in [-0.25, -0.2) is 0 Å². The predicted octanol–water partition coefficient (Wildman–Crippen LogP) is 3.70. The summed E-state index contributed by atoms with van der Waals surface area (Å²) in [6.45, 7) is 0. The van der Waals surface area contributed by atoms with Gasteiger partial charge in [-0.2, -0.15) is 0 Å². The van der Waals surface area contributed by atoms with Crippen molar-refractivity contribution in [1.29, 1.82) is 0 Å². The average Bonchev–Trinajstić information content (AvgIpc) is 2.20. The average molecular weight is 332 g/mol. The first-order valence-corrected chi connectivity index (χ1v) is 5.77. The summed E-state index contributed by atoms with van der Waals surface area (Å²) in [5, 5.41) is 0. The van der Waals surface area contributed by atoms with Gasteiger partial charge in [-0.1, -0.05) is 22.0 Å². The van der Waals surface area contributed by atoms with Gasteiger partial charge in [-0.3, -0.25) is 4.79 Å². The molecular weight excluding hydrogens is 324 g/mol. The molecule has 1 aromatic rings. The van der Waals surface area contributed by atoms with Gasteiger partial charge in [0.15, 0.2) is 5.78 Å². The molecule has 2 nitrogen and oxygen atoms in total. The topological polar surface area (TPSA) is 26.3 Å². The second-order valence-electron chi connectivity index (χ2n) is 3.11. The molecule has 0 heterocycles. The molecule has 0 N–H and O–H groups in total. The van der Waals surface area contributed by atoms with Crippen LogP contribution in [0.5, 0.6) is 5.75 Å². The molecule has 0 saturated heterocycles. The highest BCUT2D eigenvalue weighted by Gasteiger charge is 2.32. The molecule has 0 aliphatic heterocycles. The van der Waals surface area contributed by atoms with E-state index in [1.165, 1.54) is 12.1 Å². The molecule has 0 fully saturated rings. The van der Waals surface area contributed by atoms with Crippen molar-refractivity contribution < 1.29 is 22.7 Å². The van der Waals surface area contributed by atoms with Gasteiger partial charge < -0.3 is 4.74 Å². The number of hydrogen-bond acceptors (Lipinski definition) is 2. The number of ether oxygens (including phenoxy) is 1. The summed E-state index contributed by atoms with van der Waals surface area (Å²) in [5.41, 5.74) is 0.135. The lowest BCUT2D eigenvalue weighted by Gasteiger charge is -2.13. The second kappa shape index (κ2) is 5.73. The van der Waals surface area contributed by atoms with Gasteiger partial charge in [0.1, 0.15) is 5.75 Å². The molecule has 0 saturated carbocycles. The fraction of sp³-hybridized carbons (Fsp3) is 0.300. The van der Waals surface area contributed by atoms with E-state index >= 15 is 0 Å². The van der Waals surface area contributed by atoms with Crippen LogP contribution in [0.3, 0.4) is 0 Å². The summed E-state index contributed by atoms with van der Waals surface area (Å²) in [6, 6.07) is 4.06. The van der Waals surface area contributed by atoms with Crippen LogP contribution in [0.1, 0.15) is 5.56 Å². The third kappa shape index (κ3) is 4.55. The fourth-order valence-electron chi connectivity index (χ4n) is 1.18. The number of alkyl halides is 4. The van der Waals surface area contributed by atoms with Gasteiger partial charge in [-0.15, -0.1) is 24.8 Å². The van der Waals surface area contributed by atoms with Crippen LogP contribution in [0.25, 0.3) is 0 Å². The predicted molar refractivity (Wildman–Crippen MR) is 60.3 cm³/mol. The minimum atomic E-state index is -4.79. The number of carbonyl (C=O) groups excluding carboxylic acids is 1. The first-order chi connectivity index (χ1) is 7.83. The SMILES string of the molecule is O=C(CCl)Cc1c(Br)cccc1OC(F)(F)F. The Bertz CT molecular complexity index is 421. The van der Waals surface area contributed by atoms with E-state index in [2.05, 4.69) is 20.7 Å². The highest BCUT2D eigenvalue weighted by atomic mass is 79.9. The highest BCUT2D eigenvalue weighted by Crippen LogP contribution is 2.31. The van der Waals surface area contributed by atoms with Crippen LogP contribution >= 0.6 is 27.5 Å². The van der Waals surface area contributed by atoms with Crippen molar-refractivity contribution >= 4 is 33.3 Å². The number of carbonyl (C=O) groups is 1. The Morgan fingerprint density at radius 3 is 2.59 bits per heavy atom. The Labute approximate surface area is 109 Å². The summed E-state index contributed by atoms with van der Waals surface area (Å²) in [4.78, 5) is 11.2. The van der Waals surface area contributed by atoms with Crippen molar-refractivity contribution in [1.82, 2.24) is 0 Å². The van der Waals surface area contributed by atoms with Crippen molar-refractivity contribution in [3.63, 3.8) is 0 Å². The zero-order valence-electron chi connectivity index (χ0n) is 8.35. The smallest absolute Gasteiger partial charge is 0.405 e. The summed E-state index contributed by atoms with van der Waals surface area (Å²) >= 11 is 8.38. The standard InChI is InChI=1S/C10H7BrClF3O2/c11-8-2-1-3-9(17-10(13,14)15)7(8)4-6(16)5-12/h1-3H,4-5H2. The number of hydrogen-bond donors (Lipinski definition) is 0. The Kier molecular flexibility index (Phi) is 4.82. The largest absolute Gasteiger partial charge is 0.573 e. The van der Waals surface area contributed by atoms with Gasteiger partial charge >= 0.3 is 6.36 Å². The van der Waals surface area contributed by atoms with E-state index < -0.39 is 12.1 Å². The number of rotatable bonds is 4. The maximum Gasteiger partial charge on any atom is 0.573 e. The van der Waals surface area contributed by atoms with E-state index in [0.29, 0.717) is 4.47 Å². The summed E-state index contributed by atoms with van der Waals surface area (Å²) in [6.07, 6.45) is -5.00. The molecule has 0 spiro atoms. The quantitative estimate of drug-likeness (QED) is 0.787. The van der Waals surface area contributed by atoms with Crippen LogP contribution in [-0.2, 0) is 11.2 Å². The van der Waals surface area contributed by atoms with Crippen LogP contribution in [0.4, 0.5) is 13.2 Å². The van der Waals surface area contributed by atoms with Gasteiger partial charge in [-0.05, 0) is 12.1 Å². The van der Waals surface area contributed by atoms with Crippen LogP contribution in [-0.4, -0.2) is 18.0 Å². The molecule has 0 unspecified atom stereocenters. The molecule has 17 heavy (non-hydrogen) atoms. The number of halogens is 5. The Balaban J connectivity index is 3.04. The van der Waals surface area contributed by atoms with E-state index in [-0.39, 0.29) is 23.6 Å². The van der Waals surface area contributed by atoms with Gasteiger partial charge in [0.2, 0.25) is 0 Å². The van der Waals surface area contributed by atoms with E-state index in [9.17, 15) is 18.0 Å². The molecular formula is C10H7BrClF3O2. The van der Waals surface area contributed by atoms with Crippen molar-refractivity contribution in [2.24, 2.45) is 0 Å². The van der Waals surface area contributed by atoms with Crippen LogP contribution in [0, 0.1) is 0 Å². The maximum atomic E-state index is 12.1. The first-order valence-electron chi connectivity index (χ1n) is 4.44.